The zero-order valence-corrected chi connectivity index (χ0v) is 21.8. The number of aliphatic hydroxyl groups excluding tert-OH is 1. The molecule has 36 heavy (non-hydrogen) atoms. The molecule has 1 aliphatic heterocycles. The van der Waals surface area contributed by atoms with Crippen LogP contribution in [0.1, 0.15) is 63.6 Å². The maximum Gasteiger partial charge on any atom is 0.259 e. The molecule has 0 saturated carbocycles. The summed E-state index contributed by atoms with van der Waals surface area (Å²) in [7, 11) is 0. The molecule has 192 valence electrons. The van der Waals surface area contributed by atoms with Crippen LogP contribution in [-0.2, 0) is 27.2 Å². The quantitative estimate of drug-likeness (QED) is 0.564. The van der Waals surface area contributed by atoms with Crippen LogP contribution < -0.4 is 10.2 Å². The second-order valence-electron chi connectivity index (χ2n) is 9.86. The molecule has 3 unspecified atom stereocenters. The number of rotatable bonds is 7. The minimum absolute atomic E-state index is 0.252. The lowest BCUT2D eigenvalue weighted by Crippen LogP contribution is -2.55. The zero-order chi connectivity index (χ0) is 25.8. The van der Waals surface area contributed by atoms with Crippen molar-refractivity contribution in [3.63, 3.8) is 0 Å². The molecule has 2 amide bonds. The predicted molar refractivity (Wildman–Crippen MR) is 144 cm³/mol. The van der Waals surface area contributed by atoms with Gasteiger partial charge in [-0.15, -0.1) is 0 Å². The molecule has 1 heterocycles. The number of anilines is 2. The third kappa shape index (κ3) is 5.25. The van der Waals surface area contributed by atoms with E-state index in [1.54, 1.807) is 4.90 Å². The number of morpholine rings is 1. The Morgan fingerprint density at radius 3 is 2.67 bits per heavy atom. The molecule has 0 bridgehead atoms. The van der Waals surface area contributed by atoms with Crippen molar-refractivity contribution in [2.24, 2.45) is 5.92 Å². The number of carbonyl (C=O) groups excluding carboxylic acids is 2. The Labute approximate surface area is 214 Å². The smallest absolute Gasteiger partial charge is 0.259 e. The molecule has 6 heteroatoms. The fraction of sp³-hybridized carbons (Fsp3) is 0.467. The summed E-state index contributed by atoms with van der Waals surface area (Å²) in [5.74, 6) is -0.455. The van der Waals surface area contributed by atoms with E-state index in [0.717, 1.165) is 43.4 Å². The van der Waals surface area contributed by atoms with Crippen LogP contribution in [0.25, 0.3) is 5.57 Å². The lowest BCUT2D eigenvalue weighted by molar-refractivity contribution is -0.150. The highest BCUT2D eigenvalue weighted by Gasteiger charge is 2.39. The second kappa shape index (κ2) is 11.4. The van der Waals surface area contributed by atoms with Gasteiger partial charge in [-0.2, -0.15) is 0 Å². The Kier molecular flexibility index (Phi) is 8.27. The van der Waals surface area contributed by atoms with Crippen molar-refractivity contribution in [3.8, 4) is 0 Å². The Hall–Kier alpha value is -2.96. The van der Waals surface area contributed by atoms with Gasteiger partial charge < -0.3 is 20.1 Å². The van der Waals surface area contributed by atoms with Gasteiger partial charge in [0, 0.05) is 17.9 Å². The first-order valence-electron chi connectivity index (χ1n) is 13.2. The standard InChI is InChI=1S/C30H38N2O4/c1-5-19(4)25-17-20(6-2)16-22-18-23(12-13-24(22)25)31-29(34)27(33)28-30(35)32(14-15-36-28)26-11-9-8-10-21(26)7-3/h8-13,18,20,27-28,33H,5-7,14-17H2,1-4H3,(H,31,34). The number of allylic oxidation sites excluding steroid dienone is 2. The number of para-hydroxylation sites is 1. The van der Waals surface area contributed by atoms with E-state index in [1.165, 1.54) is 22.3 Å². The number of hydrogen-bond acceptors (Lipinski definition) is 4. The van der Waals surface area contributed by atoms with E-state index >= 15 is 0 Å². The van der Waals surface area contributed by atoms with Gasteiger partial charge in [-0.3, -0.25) is 9.59 Å². The van der Waals surface area contributed by atoms with Gasteiger partial charge in [0.15, 0.2) is 12.2 Å². The Morgan fingerprint density at radius 2 is 1.94 bits per heavy atom. The van der Waals surface area contributed by atoms with Crippen LogP contribution in [0.2, 0.25) is 0 Å². The fourth-order valence-electron chi connectivity index (χ4n) is 5.32. The molecule has 0 spiro atoms. The number of ether oxygens (including phenoxy) is 1. The number of carbonyl (C=O) groups is 2. The summed E-state index contributed by atoms with van der Waals surface area (Å²) in [5, 5.41) is 13.7. The number of nitrogens with zero attached hydrogens (tertiary/aromatic N) is 1. The van der Waals surface area contributed by atoms with Gasteiger partial charge in [0.2, 0.25) is 0 Å². The molecule has 0 aromatic heterocycles. The summed E-state index contributed by atoms with van der Waals surface area (Å²) in [5.41, 5.74) is 7.76. The number of benzene rings is 2. The van der Waals surface area contributed by atoms with Crippen LogP contribution in [0.3, 0.4) is 0 Å². The Balaban J connectivity index is 1.51. The molecular weight excluding hydrogens is 452 g/mol. The van der Waals surface area contributed by atoms with Crippen molar-refractivity contribution >= 4 is 28.8 Å². The summed E-state index contributed by atoms with van der Waals surface area (Å²) in [6, 6.07) is 13.7. The molecule has 2 aromatic carbocycles. The minimum atomic E-state index is -1.61. The summed E-state index contributed by atoms with van der Waals surface area (Å²) >= 11 is 0. The number of aryl methyl sites for hydroxylation is 1. The normalized spacial score (nSPS) is 22.1. The maximum absolute atomic E-state index is 13.2. The number of amides is 2. The van der Waals surface area contributed by atoms with Crippen molar-refractivity contribution in [2.45, 2.75) is 72.0 Å². The molecule has 1 fully saturated rings. The summed E-state index contributed by atoms with van der Waals surface area (Å²) in [6.07, 6.45) is 2.11. The monoisotopic (exact) mass is 490 g/mol. The molecule has 0 radical (unpaired) electrons. The Bertz CT molecular complexity index is 1160. The molecule has 3 atom stereocenters. The van der Waals surface area contributed by atoms with Crippen LogP contribution in [0, 0.1) is 5.92 Å². The molecule has 2 aromatic rings. The summed E-state index contributed by atoms with van der Waals surface area (Å²) in [4.78, 5) is 27.9. The molecule has 2 N–H and O–H groups in total. The average molecular weight is 491 g/mol. The van der Waals surface area contributed by atoms with Crippen molar-refractivity contribution in [3.05, 3.63) is 64.7 Å². The van der Waals surface area contributed by atoms with Gasteiger partial charge in [-0.1, -0.05) is 57.0 Å². The molecule has 1 saturated heterocycles. The molecule has 2 aliphatic rings. The van der Waals surface area contributed by atoms with E-state index < -0.39 is 24.0 Å². The fourth-order valence-corrected chi connectivity index (χ4v) is 5.32. The van der Waals surface area contributed by atoms with Crippen LogP contribution in [0.15, 0.2) is 48.0 Å². The number of nitrogens with one attached hydrogen (secondary N) is 1. The number of hydrogen-bond donors (Lipinski definition) is 2. The van der Waals surface area contributed by atoms with E-state index in [1.807, 2.05) is 43.3 Å². The summed E-state index contributed by atoms with van der Waals surface area (Å²) in [6.45, 7) is 9.28. The zero-order valence-electron chi connectivity index (χ0n) is 21.8. The van der Waals surface area contributed by atoms with Crippen molar-refractivity contribution in [2.75, 3.05) is 23.4 Å². The van der Waals surface area contributed by atoms with Gasteiger partial charge in [-0.25, -0.2) is 0 Å². The number of fused-ring (bicyclic) bond motifs is 1. The van der Waals surface area contributed by atoms with Gasteiger partial charge in [0.1, 0.15) is 0 Å². The topological polar surface area (TPSA) is 78.9 Å². The van der Waals surface area contributed by atoms with E-state index in [9.17, 15) is 14.7 Å². The number of aliphatic hydroxyl groups is 1. The first-order valence-corrected chi connectivity index (χ1v) is 13.2. The van der Waals surface area contributed by atoms with Gasteiger partial charge in [-0.05, 0) is 79.0 Å². The van der Waals surface area contributed by atoms with E-state index in [4.69, 9.17) is 4.74 Å². The first kappa shape index (κ1) is 26.1. The molecule has 4 rings (SSSR count). The third-order valence-electron chi connectivity index (χ3n) is 7.66. The van der Waals surface area contributed by atoms with Crippen LogP contribution in [0.4, 0.5) is 11.4 Å². The Morgan fingerprint density at radius 1 is 1.17 bits per heavy atom. The van der Waals surface area contributed by atoms with Crippen LogP contribution in [-0.4, -0.2) is 42.3 Å². The highest BCUT2D eigenvalue weighted by Crippen LogP contribution is 2.39. The van der Waals surface area contributed by atoms with Crippen molar-refractivity contribution in [1.29, 1.82) is 0 Å². The van der Waals surface area contributed by atoms with E-state index in [-0.39, 0.29) is 6.61 Å². The average Bonchev–Trinajstić information content (AvgIpc) is 2.91. The highest BCUT2D eigenvalue weighted by molar-refractivity contribution is 6.04. The molecule has 6 nitrogen and oxygen atoms in total. The van der Waals surface area contributed by atoms with Crippen LogP contribution >= 0.6 is 0 Å². The maximum atomic E-state index is 13.2. The first-order chi connectivity index (χ1) is 17.4. The van der Waals surface area contributed by atoms with Crippen LogP contribution in [0.5, 0.6) is 0 Å². The SMILES string of the molecule is CCC(C)=C1CC(CC)Cc2cc(NC(=O)C(O)C3OCCN(c4ccccc4CC)C3=O)ccc21. The van der Waals surface area contributed by atoms with Gasteiger partial charge in [0.05, 0.1) is 6.61 Å². The van der Waals surface area contributed by atoms with Gasteiger partial charge in [0.25, 0.3) is 11.8 Å². The lowest BCUT2D eigenvalue weighted by Gasteiger charge is -2.35. The second-order valence-corrected chi connectivity index (χ2v) is 9.86. The van der Waals surface area contributed by atoms with E-state index in [2.05, 4.69) is 32.2 Å². The largest absolute Gasteiger partial charge is 0.380 e. The van der Waals surface area contributed by atoms with Crippen molar-refractivity contribution < 1.29 is 19.4 Å². The molecule has 1 aliphatic carbocycles. The highest BCUT2D eigenvalue weighted by atomic mass is 16.5. The minimum Gasteiger partial charge on any atom is -0.380 e. The lowest BCUT2D eigenvalue weighted by atomic mass is 9.77. The van der Waals surface area contributed by atoms with E-state index in [0.29, 0.717) is 18.2 Å². The third-order valence-corrected chi connectivity index (χ3v) is 7.66. The molecular formula is C30H38N2O4. The summed E-state index contributed by atoms with van der Waals surface area (Å²) < 4.78 is 5.60. The predicted octanol–water partition coefficient (Wildman–Crippen LogP) is 5.14. The van der Waals surface area contributed by atoms with Crippen molar-refractivity contribution in [1.82, 2.24) is 0 Å². The van der Waals surface area contributed by atoms with Gasteiger partial charge >= 0.3 is 0 Å².